The first-order valence-corrected chi connectivity index (χ1v) is 8.54. The molecule has 0 bridgehead atoms. The van der Waals surface area contributed by atoms with Crippen LogP contribution in [-0.4, -0.2) is 23.7 Å². The fourth-order valence-electron chi connectivity index (χ4n) is 3.05. The molecule has 0 saturated heterocycles. The van der Waals surface area contributed by atoms with Gasteiger partial charge in [-0.05, 0) is 30.4 Å². The number of carbonyl (C=O) groups excluding carboxylic acids is 1. The highest BCUT2D eigenvalue weighted by molar-refractivity contribution is 6.25. The number of allylic oxidation sites excluding steroid dienone is 2. The normalized spacial score (nSPS) is 21.0. The third kappa shape index (κ3) is 4.25. The zero-order valence-corrected chi connectivity index (χ0v) is 15.1. The fourth-order valence-corrected chi connectivity index (χ4v) is 3.05. The van der Waals surface area contributed by atoms with Gasteiger partial charge in [0.2, 0.25) is 0 Å². The molecule has 0 amide bonds. The number of ketones is 1. The van der Waals surface area contributed by atoms with Crippen molar-refractivity contribution >= 4 is 17.2 Å². The summed E-state index contributed by atoms with van der Waals surface area (Å²) in [6.45, 7) is 6.18. The van der Waals surface area contributed by atoms with Crippen molar-refractivity contribution in [3.8, 4) is 5.75 Å². The lowest BCUT2D eigenvalue weighted by Crippen LogP contribution is -2.32. The van der Waals surface area contributed by atoms with E-state index in [1.54, 1.807) is 7.11 Å². The Bertz CT molecular complexity index is 671. The quantitative estimate of drug-likeness (QED) is 0.599. The molecule has 130 valence electrons. The first-order valence-electron chi connectivity index (χ1n) is 8.54. The Hall–Kier alpha value is -2.10. The number of methoxy groups -OCH3 is 1. The van der Waals surface area contributed by atoms with Crippen molar-refractivity contribution in [2.75, 3.05) is 7.11 Å². The third-order valence-electron chi connectivity index (χ3n) is 4.25. The zero-order chi connectivity index (χ0) is 17.7. The van der Waals surface area contributed by atoms with Gasteiger partial charge in [-0.25, -0.2) is 4.99 Å². The lowest BCUT2D eigenvalue weighted by molar-refractivity contribution is -0.117. The van der Waals surface area contributed by atoms with Crippen molar-refractivity contribution < 1.29 is 14.6 Å². The highest BCUT2D eigenvalue weighted by Crippen LogP contribution is 2.38. The number of aliphatic hydroxyl groups excluding tert-OH is 1. The van der Waals surface area contributed by atoms with Crippen molar-refractivity contribution in [2.24, 2.45) is 10.4 Å². The number of carbonyl (C=O) groups is 1. The summed E-state index contributed by atoms with van der Waals surface area (Å²) in [4.78, 5) is 17.3. The summed E-state index contributed by atoms with van der Waals surface area (Å²) in [7, 11) is 1.60. The summed E-state index contributed by atoms with van der Waals surface area (Å²) >= 11 is 0. The summed E-state index contributed by atoms with van der Waals surface area (Å²) in [5.41, 5.74) is 1.59. The summed E-state index contributed by atoms with van der Waals surface area (Å²) in [5.74, 6) is 0.813. The second-order valence-electron chi connectivity index (χ2n) is 7.10. The Labute approximate surface area is 144 Å². The van der Waals surface area contributed by atoms with Crippen LogP contribution in [0.3, 0.4) is 0 Å². The highest BCUT2D eigenvalue weighted by Gasteiger charge is 2.36. The predicted octanol–water partition coefficient (Wildman–Crippen LogP) is 5.16. The van der Waals surface area contributed by atoms with Crippen LogP contribution in [0.1, 0.15) is 52.9 Å². The maximum absolute atomic E-state index is 12.6. The number of Topliss-reactive ketones (excluding diaryl/α,β-unsaturated/α-hetero) is 1. The van der Waals surface area contributed by atoms with Crippen LogP contribution in [0.5, 0.6) is 5.75 Å². The van der Waals surface area contributed by atoms with Crippen LogP contribution in [0.15, 0.2) is 40.6 Å². The average molecular weight is 329 g/mol. The number of unbranched alkanes of at least 4 members (excludes halogenated alkanes) is 1. The summed E-state index contributed by atoms with van der Waals surface area (Å²) < 4.78 is 5.36. The molecule has 2 rings (SSSR count). The van der Waals surface area contributed by atoms with Crippen LogP contribution in [0, 0.1) is 5.41 Å². The van der Waals surface area contributed by atoms with E-state index in [2.05, 4.69) is 20.8 Å². The number of rotatable bonds is 5. The monoisotopic (exact) mass is 329 g/mol. The van der Waals surface area contributed by atoms with E-state index in [1.807, 2.05) is 24.3 Å². The van der Waals surface area contributed by atoms with Gasteiger partial charge in [0.25, 0.3) is 0 Å². The van der Waals surface area contributed by atoms with E-state index in [-0.39, 0.29) is 17.0 Å². The molecule has 1 N–H and O–H groups in total. The molecule has 1 aromatic carbocycles. The molecule has 0 unspecified atom stereocenters. The largest absolute Gasteiger partial charge is 0.511 e. The first-order chi connectivity index (χ1) is 11.4. The standard InChI is InChI=1S/C20H27NO3/c1-5-6-10-16(22)19-15(12-20(2,3)13-17(19)23)21-14-9-7-8-11-18(14)24-4/h7-9,11,22H,5-6,10,12-13H2,1-4H3. The molecule has 24 heavy (non-hydrogen) atoms. The predicted molar refractivity (Wildman–Crippen MR) is 97.3 cm³/mol. The third-order valence-corrected chi connectivity index (χ3v) is 4.25. The SMILES string of the molecule is CCCCC(O)=C1C(=O)CC(C)(C)CC1=Nc1ccccc1OC. The number of para-hydroxylation sites is 2. The topological polar surface area (TPSA) is 58.9 Å². The van der Waals surface area contributed by atoms with Gasteiger partial charge in [0.1, 0.15) is 17.2 Å². The van der Waals surface area contributed by atoms with Gasteiger partial charge in [-0.3, -0.25) is 4.79 Å². The van der Waals surface area contributed by atoms with Gasteiger partial charge < -0.3 is 9.84 Å². The lowest BCUT2D eigenvalue weighted by Gasteiger charge is -2.31. The molecule has 1 aliphatic carbocycles. The smallest absolute Gasteiger partial charge is 0.168 e. The van der Waals surface area contributed by atoms with Gasteiger partial charge in [0.05, 0.1) is 18.4 Å². The maximum atomic E-state index is 12.6. The van der Waals surface area contributed by atoms with Crippen molar-refractivity contribution in [1.82, 2.24) is 0 Å². The Balaban J connectivity index is 2.51. The molecule has 0 radical (unpaired) electrons. The number of aliphatic hydroxyl groups is 1. The van der Waals surface area contributed by atoms with Crippen LogP contribution < -0.4 is 4.74 Å². The van der Waals surface area contributed by atoms with Gasteiger partial charge >= 0.3 is 0 Å². The number of aliphatic imine (C=N–C) groups is 1. The van der Waals surface area contributed by atoms with E-state index in [1.165, 1.54) is 0 Å². The van der Waals surface area contributed by atoms with Gasteiger partial charge in [0, 0.05) is 12.8 Å². The van der Waals surface area contributed by atoms with E-state index < -0.39 is 0 Å². The minimum Gasteiger partial charge on any atom is -0.511 e. The van der Waals surface area contributed by atoms with E-state index in [0.717, 1.165) is 12.8 Å². The average Bonchev–Trinajstić information content (AvgIpc) is 2.51. The van der Waals surface area contributed by atoms with Crippen molar-refractivity contribution in [1.29, 1.82) is 0 Å². The van der Waals surface area contributed by atoms with Crippen LogP contribution in [0.2, 0.25) is 0 Å². The Kier molecular flexibility index (Phi) is 5.81. The van der Waals surface area contributed by atoms with Crippen molar-refractivity contribution in [3.63, 3.8) is 0 Å². The summed E-state index contributed by atoms with van der Waals surface area (Å²) in [6.07, 6.45) is 3.43. The maximum Gasteiger partial charge on any atom is 0.168 e. The molecule has 0 aromatic heterocycles. The molecule has 0 heterocycles. The van der Waals surface area contributed by atoms with E-state index in [9.17, 15) is 9.90 Å². The second kappa shape index (κ2) is 7.65. The molecule has 0 spiro atoms. The fraction of sp³-hybridized carbons (Fsp3) is 0.500. The van der Waals surface area contributed by atoms with Crippen LogP contribution in [0.4, 0.5) is 5.69 Å². The number of benzene rings is 1. The minimum atomic E-state index is -0.160. The molecule has 4 nitrogen and oxygen atoms in total. The van der Waals surface area contributed by atoms with Crippen molar-refractivity contribution in [2.45, 2.75) is 52.9 Å². The zero-order valence-electron chi connectivity index (χ0n) is 15.1. The molecule has 0 aliphatic heterocycles. The Morgan fingerprint density at radius 2 is 2.00 bits per heavy atom. The highest BCUT2D eigenvalue weighted by atomic mass is 16.5. The number of ether oxygens (including phenoxy) is 1. The van der Waals surface area contributed by atoms with Gasteiger partial charge in [-0.15, -0.1) is 0 Å². The molecular formula is C20H27NO3. The van der Waals surface area contributed by atoms with E-state index in [0.29, 0.717) is 42.0 Å². The molecule has 1 saturated carbocycles. The van der Waals surface area contributed by atoms with Gasteiger partial charge in [0.15, 0.2) is 5.78 Å². The number of hydrogen-bond donors (Lipinski definition) is 1. The Morgan fingerprint density at radius 3 is 2.67 bits per heavy atom. The van der Waals surface area contributed by atoms with E-state index in [4.69, 9.17) is 9.73 Å². The van der Waals surface area contributed by atoms with Crippen molar-refractivity contribution in [3.05, 3.63) is 35.6 Å². The van der Waals surface area contributed by atoms with Gasteiger partial charge in [-0.1, -0.05) is 39.3 Å². The van der Waals surface area contributed by atoms with E-state index >= 15 is 0 Å². The van der Waals surface area contributed by atoms with Crippen LogP contribution >= 0.6 is 0 Å². The molecule has 1 aliphatic rings. The number of hydrogen-bond acceptors (Lipinski definition) is 4. The Morgan fingerprint density at radius 1 is 1.29 bits per heavy atom. The molecular weight excluding hydrogens is 302 g/mol. The summed E-state index contributed by atoms with van der Waals surface area (Å²) in [6, 6.07) is 7.47. The first kappa shape index (κ1) is 18.2. The molecule has 4 heteroatoms. The van der Waals surface area contributed by atoms with Crippen LogP contribution in [0.25, 0.3) is 0 Å². The van der Waals surface area contributed by atoms with Crippen LogP contribution in [-0.2, 0) is 4.79 Å². The molecule has 1 aromatic rings. The molecule has 1 fully saturated rings. The molecule has 0 atom stereocenters. The minimum absolute atomic E-state index is 0.0199. The summed E-state index contributed by atoms with van der Waals surface area (Å²) in [5, 5.41) is 10.5. The number of nitrogens with zero attached hydrogens (tertiary/aromatic N) is 1. The van der Waals surface area contributed by atoms with Gasteiger partial charge in [-0.2, -0.15) is 0 Å². The lowest BCUT2D eigenvalue weighted by atomic mass is 9.73. The second-order valence-corrected chi connectivity index (χ2v) is 7.10.